The van der Waals surface area contributed by atoms with Crippen molar-refractivity contribution in [2.24, 2.45) is 11.6 Å². The van der Waals surface area contributed by atoms with Gasteiger partial charge in [0.1, 0.15) is 5.60 Å². The summed E-state index contributed by atoms with van der Waals surface area (Å²) in [6, 6.07) is 0.556. The van der Waals surface area contributed by atoms with E-state index in [0.29, 0.717) is 25.0 Å². The molecule has 0 spiro atoms. The van der Waals surface area contributed by atoms with Gasteiger partial charge in [0.2, 0.25) is 0 Å². The summed E-state index contributed by atoms with van der Waals surface area (Å²) >= 11 is 0. The van der Waals surface area contributed by atoms with Crippen LogP contribution in [0.3, 0.4) is 0 Å². The molecule has 8 nitrogen and oxygen atoms in total. The van der Waals surface area contributed by atoms with Crippen LogP contribution in [0, 0.1) is 0 Å². The molecule has 1 fully saturated rings. The van der Waals surface area contributed by atoms with Crippen LogP contribution in [0.2, 0.25) is 0 Å². The van der Waals surface area contributed by atoms with E-state index in [1.54, 1.807) is 20.8 Å². The third-order valence-corrected chi connectivity index (χ3v) is 5.53. The van der Waals surface area contributed by atoms with Crippen molar-refractivity contribution >= 4 is 12.1 Å². The summed E-state index contributed by atoms with van der Waals surface area (Å²) in [5.41, 5.74) is 4.86. The maximum atomic E-state index is 13.4. The van der Waals surface area contributed by atoms with Gasteiger partial charge in [-0.15, -0.1) is 5.12 Å². The number of amides is 1. The number of hydrogen-bond acceptors (Lipinski definition) is 4. The molecular formula is C22H33F6N6O2+. The molecule has 1 heterocycles. The highest BCUT2D eigenvalue weighted by atomic mass is 19.4. The van der Waals surface area contributed by atoms with E-state index in [1.807, 2.05) is 6.92 Å². The summed E-state index contributed by atoms with van der Waals surface area (Å²) in [5.74, 6) is 5.50. The summed E-state index contributed by atoms with van der Waals surface area (Å²) in [6.07, 6.45) is -9.63. The number of carbonyl (C=O) groups excluding carboxylic acids is 1. The van der Waals surface area contributed by atoms with Crippen molar-refractivity contribution < 1.29 is 40.4 Å². The third-order valence-electron chi connectivity index (χ3n) is 5.53. The highest BCUT2D eigenvalue weighted by Crippen LogP contribution is 2.37. The average Bonchev–Trinajstić information content (AvgIpc) is 3.13. The molecule has 1 saturated heterocycles. The Morgan fingerprint density at radius 1 is 1.14 bits per heavy atom. The van der Waals surface area contributed by atoms with Crippen LogP contribution in [0.4, 0.5) is 31.1 Å². The van der Waals surface area contributed by atoms with Crippen molar-refractivity contribution in [3.63, 3.8) is 0 Å². The number of carbonyl (C=O) groups is 1. The predicted octanol–water partition coefficient (Wildman–Crippen LogP) is 3.65. The molecule has 1 aliphatic rings. The minimum atomic E-state index is -4.99. The lowest BCUT2D eigenvalue weighted by atomic mass is 10.0. The van der Waals surface area contributed by atoms with E-state index in [9.17, 15) is 31.1 Å². The largest absolute Gasteiger partial charge is 0.444 e. The van der Waals surface area contributed by atoms with Crippen molar-refractivity contribution in [3.8, 4) is 0 Å². The lowest BCUT2D eigenvalue weighted by molar-refractivity contribution is -0.581. The van der Waals surface area contributed by atoms with Gasteiger partial charge in [-0.25, -0.2) is 10.6 Å². The number of nitrogens with zero attached hydrogens (tertiary/aromatic N) is 3. The topological polar surface area (TPSA) is 99.9 Å². The molecule has 1 aromatic carbocycles. The number of hydrogen-bond donors (Lipinski definition) is 3. The van der Waals surface area contributed by atoms with E-state index >= 15 is 0 Å². The Hall–Kier alpha value is -2.74. The number of ether oxygens (including phenoxy) is 1. The fourth-order valence-corrected chi connectivity index (χ4v) is 4.01. The minimum absolute atomic E-state index is 0.0692. The van der Waals surface area contributed by atoms with E-state index in [-0.39, 0.29) is 30.2 Å². The molecule has 5 N–H and O–H groups in total. The molecule has 1 aromatic rings. The van der Waals surface area contributed by atoms with Crippen LogP contribution < -0.4 is 17.0 Å². The first-order valence-corrected chi connectivity index (χ1v) is 11.2. The quantitative estimate of drug-likeness (QED) is 0.135. The number of alkyl halides is 6. The Kier molecular flexibility index (Phi) is 8.77. The summed E-state index contributed by atoms with van der Waals surface area (Å²) in [7, 11) is 1.41. The van der Waals surface area contributed by atoms with Crippen molar-refractivity contribution in [2.75, 3.05) is 13.6 Å². The van der Waals surface area contributed by atoms with Crippen LogP contribution in [0.1, 0.15) is 57.2 Å². The Morgan fingerprint density at radius 3 is 2.08 bits per heavy atom. The van der Waals surface area contributed by atoms with Gasteiger partial charge in [0.05, 0.1) is 30.3 Å². The van der Waals surface area contributed by atoms with Crippen molar-refractivity contribution in [1.82, 2.24) is 15.4 Å². The highest BCUT2D eigenvalue weighted by molar-refractivity contribution is 5.72. The number of nitrogens with one attached hydrogen (secondary N) is 1. The van der Waals surface area contributed by atoms with Crippen LogP contribution >= 0.6 is 0 Å². The van der Waals surface area contributed by atoms with Gasteiger partial charge in [0.25, 0.3) is 0 Å². The van der Waals surface area contributed by atoms with E-state index in [0.717, 1.165) is 5.12 Å². The van der Waals surface area contributed by atoms with Crippen LogP contribution in [-0.4, -0.2) is 57.9 Å². The molecule has 0 aliphatic carbocycles. The maximum absolute atomic E-state index is 13.4. The first-order chi connectivity index (χ1) is 16.3. The molecule has 1 amide bonds. The number of benzene rings is 1. The molecule has 204 valence electrons. The fourth-order valence-electron chi connectivity index (χ4n) is 4.01. The summed E-state index contributed by atoms with van der Waals surface area (Å²) in [6.45, 7) is 6.69. The Labute approximate surface area is 205 Å². The predicted molar refractivity (Wildman–Crippen MR) is 120 cm³/mol. The molecule has 0 bridgehead atoms. The molecule has 0 aromatic heterocycles. The smallest absolute Gasteiger partial charge is 0.416 e. The molecule has 2 atom stereocenters. The van der Waals surface area contributed by atoms with Gasteiger partial charge in [-0.3, -0.25) is 10.3 Å². The van der Waals surface area contributed by atoms with Crippen molar-refractivity contribution in [2.45, 2.75) is 77.1 Å². The maximum Gasteiger partial charge on any atom is 0.416 e. The average molecular weight is 528 g/mol. The number of hydrazine groups is 2. The van der Waals surface area contributed by atoms with Crippen LogP contribution in [0.25, 0.3) is 0 Å². The molecule has 0 radical (unpaired) electrons. The van der Waals surface area contributed by atoms with Gasteiger partial charge >= 0.3 is 24.4 Å². The number of halogens is 6. The molecule has 2 rings (SSSR count). The van der Waals surface area contributed by atoms with Gasteiger partial charge < -0.3 is 9.64 Å². The van der Waals surface area contributed by atoms with Crippen LogP contribution in [-0.2, 0) is 23.6 Å². The lowest BCUT2D eigenvalue weighted by Gasteiger charge is -2.28. The second-order valence-electron chi connectivity index (χ2n) is 9.73. The molecule has 1 unspecified atom stereocenters. The molecular weight excluding hydrogens is 494 g/mol. The minimum Gasteiger partial charge on any atom is -0.444 e. The zero-order valence-corrected chi connectivity index (χ0v) is 20.8. The standard InChI is InChI=1S/C22H32F6N6O2/c1-6-16-10-17(12-34(16)19(35)36-20(2,3)4)33(18(29)31-32(5)30)11-13-7-14(21(23,24)25)9-15(8-13)22(26,27)28/h7-9,16-17H,6,10-12,30H2,1-5H3,(H2,29,31)/p+1/t16?,17-/m0/s1. The van der Waals surface area contributed by atoms with E-state index in [2.05, 4.69) is 5.43 Å². The summed E-state index contributed by atoms with van der Waals surface area (Å²) in [5, 5.41) is 0.994. The molecule has 14 heteroatoms. The second kappa shape index (κ2) is 10.7. The first-order valence-electron chi connectivity index (χ1n) is 11.2. The van der Waals surface area contributed by atoms with E-state index < -0.39 is 47.8 Å². The summed E-state index contributed by atoms with van der Waals surface area (Å²) in [4.78, 5) is 14.3. The zero-order valence-electron chi connectivity index (χ0n) is 20.8. The zero-order chi connectivity index (χ0) is 27.6. The van der Waals surface area contributed by atoms with Crippen LogP contribution in [0.15, 0.2) is 18.2 Å². The van der Waals surface area contributed by atoms with Crippen molar-refractivity contribution in [1.29, 1.82) is 0 Å². The summed E-state index contributed by atoms with van der Waals surface area (Å²) < 4.78 is 87.1. The molecule has 36 heavy (non-hydrogen) atoms. The SMILES string of the molecule is CCC1C[C@H]([N+](Cc2cc(C(F)(F)F)cc(C(F)(F)F)c2)=C(N)NN(C)N)CN1C(=O)OC(C)(C)C. The lowest BCUT2D eigenvalue weighted by Crippen LogP contribution is -2.53. The number of guanidine groups is 1. The van der Waals surface area contributed by atoms with Gasteiger partial charge in [0.15, 0.2) is 0 Å². The molecule has 1 aliphatic heterocycles. The highest BCUT2D eigenvalue weighted by Gasteiger charge is 2.41. The Morgan fingerprint density at radius 2 is 1.67 bits per heavy atom. The van der Waals surface area contributed by atoms with Gasteiger partial charge in [0, 0.05) is 19.5 Å². The van der Waals surface area contributed by atoms with Gasteiger partial charge in [-0.1, -0.05) is 6.92 Å². The van der Waals surface area contributed by atoms with Gasteiger partial charge in [-0.2, -0.15) is 31.8 Å². The number of nitrogens with two attached hydrogens (primary N) is 2. The Bertz CT molecular complexity index is 939. The number of rotatable bonds is 5. The molecule has 0 saturated carbocycles. The Balaban J connectivity index is 2.50. The monoisotopic (exact) mass is 527 g/mol. The normalized spacial score (nSPS) is 20.0. The van der Waals surface area contributed by atoms with E-state index in [1.165, 1.54) is 16.5 Å². The van der Waals surface area contributed by atoms with Gasteiger partial charge in [-0.05, 0) is 51.0 Å². The van der Waals surface area contributed by atoms with E-state index in [4.69, 9.17) is 16.3 Å². The van der Waals surface area contributed by atoms with Crippen LogP contribution in [0.5, 0.6) is 0 Å². The third kappa shape index (κ3) is 7.88. The fraction of sp³-hybridized carbons (Fsp3) is 0.636. The number of likely N-dealkylation sites (tertiary alicyclic amines) is 1. The van der Waals surface area contributed by atoms with Crippen molar-refractivity contribution in [3.05, 3.63) is 34.9 Å². The second-order valence-corrected chi connectivity index (χ2v) is 9.73. The first kappa shape index (κ1) is 29.5.